The summed E-state index contributed by atoms with van der Waals surface area (Å²) in [6.45, 7) is 11.6. The van der Waals surface area contributed by atoms with E-state index >= 15 is 0 Å². The zero-order valence-corrected chi connectivity index (χ0v) is 45.6. The molecule has 0 bridgehead atoms. The Morgan fingerprint density at radius 3 is 1.63 bits per heavy atom. The van der Waals surface area contributed by atoms with E-state index in [0.717, 1.165) is 55.9 Å². The zero-order chi connectivity index (χ0) is 52.9. The molecule has 4 heterocycles. The number of rotatable bonds is 12. The fraction of sp³-hybridized carbons (Fsp3) is 0.473. The molecule has 16 nitrogen and oxygen atoms in total. The van der Waals surface area contributed by atoms with Gasteiger partial charge in [-0.1, -0.05) is 48.0 Å². The number of benzene rings is 4. The lowest BCUT2D eigenvalue weighted by Crippen LogP contribution is -2.41. The van der Waals surface area contributed by atoms with Gasteiger partial charge in [0.2, 0.25) is 5.95 Å². The maximum atomic E-state index is 12.1. The van der Waals surface area contributed by atoms with Gasteiger partial charge in [-0.2, -0.15) is 4.98 Å². The number of nitrogens with zero attached hydrogens (tertiary/aromatic N) is 5. The third-order valence-electron chi connectivity index (χ3n) is 13.4. The van der Waals surface area contributed by atoms with E-state index < -0.39 is 15.4 Å². The Morgan fingerprint density at radius 1 is 0.685 bits per heavy atom. The van der Waals surface area contributed by atoms with E-state index in [-0.39, 0.29) is 11.8 Å². The number of hydrogen-bond acceptors (Lipinski definition) is 15. The van der Waals surface area contributed by atoms with E-state index in [1.54, 1.807) is 44.4 Å². The molecule has 0 unspecified atom stereocenters. The van der Waals surface area contributed by atoms with E-state index in [0.29, 0.717) is 76.1 Å². The number of carbonyl (C=O) groups is 1. The largest absolute Gasteiger partial charge is 0.495 e. The van der Waals surface area contributed by atoms with Crippen molar-refractivity contribution in [2.24, 2.45) is 0 Å². The van der Waals surface area contributed by atoms with Crippen LogP contribution in [0.1, 0.15) is 99.3 Å². The van der Waals surface area contributed by atoms with Gasteiger partial charge in [-0.25, -0.2) is 18.2 Å². The Morgan fingerprint density at radius 2 is 1.15 bits per heavy atom. The van der Waals surface area contributed by atoms with Gasteiger partial charge < -0.3 is 55.7 Å². The molecule has 18 heteroatoms. The summed E-state index contributed by atoms with van der Waals surface area (Å²) in [6, 6.07) is 25.5. The summed E-state index contributed by atoms with van der Waals surface area (Å²) in [4.78, 5) is 27.4. The van der Waals surface area contributed by atoms with Gasteiger partial charge in [-0.05, 0) is 182 Å². The van der Waals surface area contributed by atoms with Gasteiger partial charge in [-0.3, -0.25) is 0 Å². The Labute approximate surface area is 438 Å². The smallest absolute Gasteiger partial charge is 0.410 e. The van der Waals surface area contributed by atoms with Crippen molar-refractivity contribution in [1.82, 2.24) is 24.7 Å². The Bertz CT molecular complexity index is 2720. The summed E-state index contributed by atoms with van der Waals surface area (Å²) in [6.07, 6.45) is 9.03. The summed E-state index contributed by atoms with van der Waals surface area (Å²) < 4.78 is 45.3. The minimum absolute atomic E-state index is 0.0924. The predicted octanol–water partition coefficient (Wildman–Crippen LogP) is 10.5. The first kappa shape index (κ1) is 56.3. The van der Waals surface area contributed by atoms with Crippen LogP contribution in [0.2, 0.25) is 5.02 Å². The number of nitrogen functional groups attached to an aromatic ring is 2. The molecule has 0 saturated carbocycles. The Kier molecular flexibility index (Phi) is 19.9. The van der Waals surface area contributed by atoms with E-state index in [1.807, 2.05) is 57.2 Å². The second-order valence-corrected chi connectivity index (χ2v) is 22.8. The molecule has 1 amide bonds. The fourth-order valence-corrected chi connectivity index (χ4v) is 10.2. The molecule has 5 aromatic rings. The summed E-state index contributed by atoms with van der Waals surface area (Å²) in [5.41, 5.74) is 18.4. The molecule has 73 heavy (non-hydrogen) atoms. The van der Waals surface area contributed by atoms with Crippen LogP contribution in [0.4, 0.5) is 39.3 Å². The number of amides is 1. The highest BCUT2D eigenvalue weighted by Gasteiger charge is 2.28. The minimum atomic E-state index is -3.21. The molecule has 0 radical (unpaired) electrons. The quantitative estimate of drug-likeness (QED) is 0.0860. The number of nitrogens with one attached hydrogen (secondary N) is 2. The molecule has 4 aromatic carbocycles. The standard InChI is InChI=1S/C25H30ClN5O3S.C17H26N2O3.C13H20N2O/c1-31-12-10-17(11-13-31)18-8-9-22(23(14-18)34-2)29-25-27-15-20(26)24(30-25)28-21-7-5-4-6-19(21)16-35(3,32)33;1-17(2,3)22-16(20)19-9-7-12(8-10-19)13-5-6-14(18)15(11-13)21-4;1-15-7-5-10(6-8-15)11-3-4-12(14)13(9-11)16-2/h4-9,14-15,17H,10-13,16H2,1-3H3,(H2,27,28,29,30);5-6,11-12H,7-10,18H2,1-4H3;3-4,9-10H,5-8,14H2,1-2H3. The number of para-hydroxylation sites is 1. The van der Waals surface area contributed by atoms with E-state index in [2.05, 4.69) is 68.8 Å². The number of anilines is 6. The highest BCUT2D eigenvalue weighted by molar-refractivity contribution is 7.89. The zero-order valence-electron chi connectivity index (χ0n) is 44.0. The van der Waals surface area contributed by atoms with Gasteiger partial charge in [-0.15, -0.1) is 0 Å². The van der Waals surface area contributed by atoms with Gasteiger partial charge in [0, 0.05) is 25.0 Å². The van der Waals surface area contributed by atoms with Crippen LogP contribution < -0.4 is 36.3 Å². The SMILES string of the molecule is COc1cc(C2CCN(C(=O)OC(C)(C)C)CC2)ccc1N.COc1cc(C2CCN(C)CC2)ccc1N.COc1cc(C2CCN(C)CC2)ccc1Nc1ncc(Cl)c(Nc2ccccc2CS(C)(=O)=O)n1. The third-order valence-corrected chi connectivity index (χ3v) is 14.5. The predicted molar refractivity (Wildman–Crippen MR) is 295 cm³/mol. The van der Waals surface area contributed by atoms with E-state index in [1.165, 1.54) is 55.1 Å². The van der Waals surface area contributed by atoms with Gasteiger partial charge in [0.15, 0.2) is 15.7 Å². The molecule has 3 fully saturated rings. The van der Waals surface area contributed by atoms with Crippen molar-refractivity contribution in [3.63, 3.8) is 0 Å². The Hall–Kier alpha value is -6.01. The first-order valence-electron chi connectivity index (χ1n) is 24.9. The van der Waals surface area contributed by atoms with Gasteiger partial charge in [0.25, 0.3) is 0 Å². The van der Waals surface area contributed by atoms with Gasteiger partial charge >= 0.3 is 6.09 Å². The lowest BCUT2D eigenvalue weighted by Gasteiger charge is -2.33. The van der Waals surface area contributed by atoms with Crippen molar-refractivity contribution in [3.8, 4) is 17.2 Å². The molecule has 3 aliphatic heterocycles. The average Bonchev–Trinajstić information content (AvgIpc) is 3.36. The lowest BCUT2D eigenvalue weighted by atomic mass is 9.89. The molecular weight excluding hydrogens is 966 g/mol. The molecule has 6 N–H and O–H groups in total. The molecule has 8 rings (SSSR count). The number of aromatic nitrogens is 2. The lowest BCUT2D eigenvalue weighted by molar-refractivity contribution is 0.0204. The van der Waals surface area contributed by atoms with Crippen molar-refractivity contribution in [1.29, 1.82) is 0 Å². The van der Waals surface area contributed by atoms with Gasteiger partial charge in [0.05, 0.1) is 50.3 Å². The van der Waals surface area contributed by atoms with Crippen molar-refractivity contribution < 1.29 is 32.2 Å². The van der Waals surface area contributed by atoms with Crippen LogP contribution >= 0.6 is 11.6 Å². The van der Waals surface area contributed by atoms with Crippen LogP contribution in [0.5, 0.6) is 17.2 Å². The molecule has 0 atom stereocenters. The topological polar surface area (TPSA) is 200 Å². The van der Waals surface area contributed by atoms with Crippen LogP contribution in [0, 0.1) is 0 Å². The van der Waals surface area contributed by atoms with Crippen LogP contribution in [-0.4, -0.2) is 126 Å². The molecule has 3 saturated heterocycles. The molecule has 1 aromatic heterocycles. The molecule has 0 spiro atoms. The van der Waals surface area contributed by atoms with Crippen molar-refractivity contribution in [2.75, 3.05) is 103 Å². The number of likely N-dealkylation sites (tertiary alicyclic amines) is 3. The summed E-state index contributed by atoms with van der Waals surface area (Å²) >= 11 is 6.35. The number of piperidine rings is 3. The fourth-order valence-electron chi connectivity index (χ4n) is 9.25. The number of hydrogen-bond donors (Lipinski definition) is 4. The second kappa shape index (κ2) is 25.8. The molecule has 3 aliphatic rings. The summed E-state index contributed by atoms with van der Waals surface area (Å²) in [7, 11) is 6.07. The number of ether oxygens (including phenoxy) is 4. The number of carbonyl (C=O) groups excluding carboxylic acids is 1. The first-order chi connectivity index (χ1) is 34.7. The second-order valence-electron chi connectivity index (χ2n) is 20.2. The monoisotopic (exact) mass is 1040 g/mol. The van der Waals surface area contributed by atoms with Crippen LogP contribution in [0.15, 0.2) is 85.1 Å². The molecule has 0 aliphatic carbocycles. The van der Waals surface area contributed by atoms with E-state index in [4.69, 9.17) is 42.0 Å². The minimum Gasteiger partial charge on any atom is -0.495 e. The van der Waals surface area contributed by atoms with Crippen molar-refractivity contribution in [3.05, 3.63) is 112 Å². The van der Waals surface area contributed by atoms with Crippen molar-refractivity contribution >= 4 is 62.0 Å². The molecule has 396 valence electrons. The average molecular weight is 1040 g/mol. The van der Waals surface area contributed by atoms with Crippen LogP contribution in [-0.2, 0) is 20.3 Å². The number of halogens is 1. The van der Waals surface area contributed by atoms with Gasteiger partial charge in [0.1, 0.15) is 27.9 Å². The highest BCUT2D eigenvalue weighted by Crippen LogP contribution is 2.37. The van der Waals surface area contributed by atoms with E-state index in [9.17, 15) is 13.2 Å². The van der Waals surface area contributed by atoms with Crippen LogP contribution in [0.3, 0.4) is 0 Å². The highest BCUT2D eigenvalue weighted by atomic mass is 35.5. The number of methoxy groups -OCH3 is 3. The summed E-state index contributed by atoms with van der Waals surface area (Å²) in [5.74, 6) is 4.44. The maximum absolute atomic E-state index is 12.1. The Balaban J connectivity index is 0.000000195. The normalized spacial score (nSPS) is 16.3. The number of nitrogens with two attached hydrogens (primary N) is 2. The number of sulfone groups is 1. The van der Waals surface area contributed by atoms with Crippen molar-refractivity contribution in [2.45, 2.75) is 88.4 Å². The molecular formula is C55H76ClN9O7S. The third kappa shape index (κ3) is 16.8. The first-order valence-corrected chi connectivity index (χ1v) is 27.4. The van der Waals surface area contributed by atoms with Crippen LogP contribution in [0.25, 0.3) is 0 Å². The maximum Gasteiger partial charge on any atom is 0.410 e. The summed E-state index contributed by atoms with van der Waals surface area (Å²) in [5, 5.41) is 6.68.